The third kappa shape index (κ3) is 4.06. The van der Waals surface area contributed by atoms with E-state index in [0.717, 1.165) is 0 Å². The minimum absolute atomic E-state index is 0.458. The molecule has 3 nitrogen and oxygen atoms in total. The Morgan fingerprint density at radius 1 is 1.05 bits per heavy atom. The molecule has 0 heterocycles. The Morgan fingerprint density at radius 2 is 1.53 bits per heavy atom. The summed E-state index contributed by atoms with van der Waals surface area (Å²) in [5.41, 5.74) is 0.0362. The van der Waals surface area contributed by atoms with Gasteiger partial charge in [-0.15, -0.1) is 0 Å². The fraction of sp³-hybridized carbons (Fsp3) is 0.600. The summed E-state index contributed by atoms with van der Waals surface area (Å²) < 4.78 is 5.59. The molecule has 0 aliphatic heterocycles. The van der Waals surface area contributed by atoms with Gasteiger partial charge in [0.1, 0.15) is 0 Å². The van der Waals surface area contributed by atoms with Gasteiger partial charge in [-0.05, 0) is 44.6 Å². The summed E-state index contributed by atoms with van der Waals surface area (Å²) in [6.45, 7) is 11.1. The van der Waals surface area contributed by atoms with Crippen molar-refractivity contribution in [3.05, 3.63) is 29.8 Å². The van der Waals surface area contributed by atoms with Gasteiger partial charge in [0.25, 0.3) is 0 Å². The molecule has 0 saturated heterocycles. The first-order valence-corrected chi connectivity index (χ1v) is 6.73. The molecule has 0 aliphatic carbocycles. The Morgan fingerprint density at radius 3 is 1.89 bits per heavy atom. The maximum Gasteiger partial charge on any atom is 0.491 e. The summed E-state index contributed by atoms with van der Waals surface area (Å²) in [6.07, 6.45) is 0. The average Bonchev–Trinajstić information content (AvgIpc) is 2.27. The molecule has 2 N–H and O–H groups in total. The van der Waals surface area contributed by atoms with Gasteiger partial charge in [-0.3, -0.25) is 0 Å². The SMILES string of the molecule is CC(C)c1ccc(B(O)OC(C)(C)C(C)(C)O)cc1. The van der Waals surface area contributed by atoms with Crippen molar-refractivity contribution in [2.45, 2.75) is 58.7 Å². The second kappa shape index (κ2) is 5.65. The first-order chi connectivity index (χ1) is 8.54. The molecule has 0 spiro atoms. The van der Waals surface area contributed by atoms with Crippen molar-refractivity contribution in [2.75, 3.05) is 0 Å². The van der Waals surface area contributed by atoms with Gasteiger partial charge in [0.15, 0.2) is 0 Å². The van der Waals surface area contributed by atoms with Crippen LogP contribution in [0.25, 0.3) is 0 Å². The van der Waals surface area contributed by atoms with Gasteiger partial charge in [-0.1, -0.05) is 38.1 Å². The summed E-state index contributed by atoms with van der Waals surface area (Å²) in [5, 5.41) is 20.1. The van der Waals surface area contributed by atoms with Crippen LogP contribution in [0.4, 0.5) is 0 Å². The van der Waals surface area contributed by atoms with Crippen molar-refractivity contribution in [3.63, 3.8) is 0 Å². The molecule has 0 saturated carbocycles. The van der Waals surface area contributed by atoms with E-state index in [1.807, 2.05) is 24.3 Å². The van der Waals surface area contributed by atoms with Gasteiger partial charge in [0.2, 0.25) is 0 Å². The zero-order valence-corrected chi connectivity index (χ0v) is 12.8. The zero-order chi connectivity index (χ0) is 14.8. The molecule has 0 aromatic heterocycles. The van der Waals surface area contributed by atoms with E-state index in [9.17, 15) is 10.1 Å². The summed E-state index contributed by atoms with van der Waals surface area (Å²) in [7, 11) is -1.04. The van der Waals surface area contributed by atoms with Crippen LogP contribution in [0, 0.1) is 0 Å². The van der Waals surface area contributed by atoms with E-state index < -0.39 is 18.3 Å². The maximum absolute atomic E-state index is 10.1. The minimum Gasteiger partial charge on any atom is -0.423 e. The van der Waals surface area contributed by atoms with Crippen LogP contribution in [0.3, 0.4) is 0 Å². The lowest BCUT2D eigenvalue weighted by Crippen LogP contribution is -2.53. The van der Waals surface area contributed by atoms with Gasteiger partial charge < -0.3 is 14.8 Å². The molecular formula is C15H25BO3. The van der Waals surface area contributed by atoms with Gasteiger partial charge in [-0.2, -0.15) is 0 Å². The van der Waals surface area contributed by atoms with E-state index in [0.29, 0.717) is 11.4 Å². The first-order valence-electron chi connectivity index (χ1n) is 6.73. The fourth-order valence-electron chi connectivity index (χ4n) is 1.54. The van der Waals surface area contributed by atoms with Crippen molar-refractivity contribution >= 4 is 12.6 Å². The zero-order valence-electron chi connectivity index (χ0n) is 12.8. The van der Waals surface area contributed by atoms with Crippen LogP contribution in [0.5, 0.6) is 0 Å². The lowest BCUT2D eigenvalue weighted by Gasteiger charge is -2.38. The molecule has 4 heteroatoms. The van der Waals surface area contributed by atoms with E-state index in [-0.39, 0.29) is 0 Å². The van der Waals surface area contributed by atoms with Crippen LogP contribution < -0.4 is 5.46 Å². The highest BCUT2D eigenvalue weighted by Gasteiger charge is 2.39. The van der Waals surface area contributed by atoms with Gasteiger partial charge in [-0.25, -0.2) is 0 Å². The van der Waals surface area contributed by atoms with Crippen LogP contribution in [0.2, 0.25) is 0 Å². The Bertz CT molecular complexity index is 404. The molecule has 0 atom stereocenters. The first kappa shape index (κ1) is 16.2. The third-order valence-corrected chi connectivity index (χ3v) is 3.77. The Balaban J connectivity index is 2.81. The standard InChI is InChI=1S/C15H25BO3/c1-11(2)12-7-9-13(10-8-12)16(18)19-15(5,6)14(3,4)17/h7-11,17-18H,1-6H3. The maximum atomic E-state index is 10.1. The Kier molecular flexibility index (Phi) is 4.83. The second-order valence-electron chi connectivity index (χ2n) is 6.36. The third-order valence-electron chi connectivity index (χ3n) is 3.77. The summed E-state index contributed by atoms with van der Waals surface area (Å²) in [6, 6.07) is 7.70. The van der Waals surface area contributed by atoms with Gasteiger partial charge in [0, 0.05) is 0 Å². The predicted octanol–water partition coefficient (Wildman–Crippen LogP) is 2.06. The number of aliphatic hydroxyl groups is 1. The molecular weight excluding hydrogens is 239 g/mol. The average molecular weight is 264 g/mol. The summed E-state index contributed by atoms with van der Waals surface area (Å²) >= 11 is 0. The second-order valence-corrected chi connectivity index (χ2v) is 6.36. The van der Waals surface area contributed by atoms with Gasteiger partial charge >= 0.3 is 7.12 Å². The quantitative estimate of drug-likeness (QED) is 0.800. The van der Waals surface area contributed by atoms with Gasteiger partial charge in [0.05, 0.1) is 11.2 Å². The smallest absolute Gasteiger partial charge is 0.423 e. The highest BCUT2D eigenvalue weighted by atomic mass is 16.5. The number of rotatable bonds is 5. The molecule has 1 aromatic rings. The Labute approximate surface area is 116 Å². The van der Waals surface area contributed by atoms with E-state index in [2.05, 4.69) is 13.8 Å². The highest BCUT2D eigenvalue weighted by molar-refractivity contribution is 6.60. The molecule has 19 heavy (non-hydrogen) atoms. The lowest BCUT2D eigenvalue weighted by molar-refractivity contribution is -0.0982. The molecule has 0 aliphatic rings. The van der Waals surface area contributed by atoms with Crippen molar-refractivity contribution < 1.29 is 14.8 Å². The minimum atomic E-state index is -1.04. The molecule has 1 aromatic carbocycles. The largest absolute Gasteiger partial charge is 0.491 e. The van der Waals surface area contributed by atoms with Crippen LogP contribution >= 0.6 is 0 Å². The normalized spacial score (nSPS) is 12.9. The molecule has 0 amide bonds. The molecule has 0 fully saturated rings. The lowest BCUT2D eigenvalue weighted by atomic mass is 9.76. The number of hydrogen-bond acceptors (Lipinski definition) is 3. The molecule has 0 radical (unpaired) electrons. The van der Waals surface area contributed by atoms with Crippen LogP contribution in [-0.2, 0) is 4.65 Å². The van der Waals surface area contributed by atoms with Crippen molar-refractivity contribution in [1.82, 2.24) is 0 Å². The number of hydrogen-bond donors (Lipinski definition) is 2. The summed E-state index contributed by atoms with van der Waals surface area (Å²) in [5.74, 6) is 0.458. The molecule has 1 rings (SSSR count). The fourth-order valence-corrected chi connectivity index (χ4v) is 1.54. The Hall–Kier alpha value is -0.835. The van der Waals surface area contributed by atoms with E-state index in [1.54, 1.807) is 27.7 Å². The topological polar surface area (TPSA) is 49.7 Å². The molecule has 0 bridgehead atoms. The molecule has 0 unspecified atom stereocenters. The van der Waals surface area contributed by atoms with Crippen molar-refractivity contribution in [1.29, 1.82) is 0 Å². The predicted molar refractivity (Wildman–Crippen MR) is 79.6 cm³/mol. The highest BCUT2D eigenvalue weighted by Crippen LogP contribution is 2.25. The van der Waals surface area contributed by atoms with Crippen LogP contribution in [-0.4, -0.2) is 28.5 Å². The van der Waals surface area contributed by atoms with E-state index in [4.69, 9.17) is 4.65 Å². The van der Waals surface area contributed by atoms with Crippen LogP contribution in [0.1, 0.15) is 53.0 Å². The monoisotopic (exact) mass is 264 g/mol. The van der Waals surface area contributed by atoms with Crippen LogP contribution in [0.15, 0.2) is 24.3 Å². The number of benzene rings is 1. The summed E-state index contributed by atoms with van der Waals surface area (Å²) in [4.78, 5) is 0. The van der Waals surface area contributed by atoms with Crippen molar-refractivity contribution in [3.8, 4) is 0 Å². The molecule has 106 valence electrons. The van der Waals surface area contributed by atoms with E-state index in [1.165, 1.54) is 5.56 Å². The van der Waals surface area contributed by atoms with Crippen molar-refractivity contribution in [2.24, 2.45) is 0 Å². The van der Waals surface area contributed by atoms with E-state index >= 15 is 0 Å².